The molecule has 0 unspecified atom stereocenters. The van der Waals surface area contributed by atoms with Crippen molar-refractivity contribution in [1.82, 2.24) is 4.90 Å². The first-order valence-electron chi connectivity index (χ1n) is 10.4. The Bertz CT molecular complexity index is 756. The van der Waals surface area contributed by atoms with E-state index >= 15 is 0 Å². The smallest absolute Gasteiger partial charge is 0.410 e. The Balaban J connectivity index is 1.44. The molecule has 1 amide bonds. The number of likely N-dealkylation sites (tertiary alicyclic amines) is 1. The normalized spacial score (nSPS) is 41.0. The molecule has 0 aromatic rings. The van der Waals surface area contributed by atoms with E-state index in [1.807, 2.05) is 13.8 Å². The van der Waals surface area contributed by atoms with E-state index in [9.17, 15) is 14.0 Å². The summed E-state index contributed by atoms with van der Waals surface area (Å²) in [6.07, 6.45) is 2.58. The lowest BCUT2D eigenvalue weighted by molar-refractivity contribution is -0.164. The van der Waals surface area contributed by atoms with Crippen LogP contribution in [0, 0.1) is 5.92 Å². The van der Waals surface area contributed by atoms with E-state index in [2.05, 4.69) is 13.0 Å². The number of amides is 1. The third kappa shape index (κ3) is 3.50. The van der Waals surface area contributed by atoms with Crippen LogP contribution in [0.2, 0.25) is 0 Å². The van der Waals surface area contributed by atoms with Gasteiger partial charge in [0.05, 0.1) is 31.7 Å². The lowest BCUT2D eigenvalue weighted by Gasteiger charge is -2.45. The molecule has 1 aliphatic carbocycles. The molecule has 30 heavy (non-hydrogen) atoms. The number of allylic oxidation sites excluding steroid dienone is 1. The van der Waals surface area contributed by atoms with Gasteiger partial charge in [-0.05, 0) is 40.0 Å². The van der Waals surface area contributed by atoms with Gasteiger partial charge in [0.2, 0.25) is 5.67 Å². The van der Waals surface area contributed by atoms with Gasteiger partial charge in [-0.25, -0.2) is 14.0 Å². The molecule has 1 saturated carbocycles. The minimum absolute atomic E-state index is 0.0451. The summed E-state index contributed by atoms with van der Waals surface area (Å²) in [5.74, 6) is -1.67. The number of carboxylic acids is 1. The number of carbonyl (C=O) groups excluding carboxylic acids is 1. The summed E-state index contributed by atoms with van der Waals surface area (Å²) in [5, 5.41) is 8.89. The molecule has 168 valence electrons. The minimum atomic E-state index is -2.39. The Morgan fingerprint density at radius 1 is 1.33 bits per heavy atom. The van der Waals surface area contributed by atoms with Crippen LogP contribution in [-0.2, 0) is 23.7 Å². The number of halogens is 1. The standard InChI is InChI=1S/C21H30FNO7/c1-12(2)5-6-14-19(3,30-14)16-15(27-4)13(7-8-21(16)11-28-21)29-18(26)23-9-20(22,10-23)17(24)25/h5,13-16H,6-11H2,1-4H3,(H,24,25)/t13-,14-,15-,16-,19+,21+/m1/s1. The number of aliphatic carboxylic acids is 1. The second kappa shape index (κ2) is 7.17. The molecule has 0 radical (unpaired) electrons. The van der Waals surface area contributed by atoms with Crippen LogP contribution in [-0.4, -0.2) is 84.1 Å². The highest BCUT2D eigenvalue weighted by Gasteiger charge is 2.72. The summed E-state index contributed by atoms with van der Waals surface area (Å²) in [6.45, 7) is 5.76. The maximum Gasteiger partial charge on any atom is 0.410 e. The van der Waals surface area contributed by atoms with Gasteiger partial charge in [-0.3, -0.25) is 0 Å². The molecule has 6 atom stereocenters. The van der Waals surface area contributed by atoms with Gasteiger partial charge in [0, 0.05) is 7.11 Å². The SMILES string of the molecule is CO[C@@H]1[C@H](OC(=O)N2CC(F)(C(=O)O)C2)CC[C@]2(CO2)[C@H]1[C@@]1(C)O[C@@H]1CC=C(C)C. The molecule has 4 aliphatic rings. The Morgan fingerprint density at radius 3 is 2.53 bits per heavy atom. The average Bonchev–Trinajstić information content (AvgIpc) is 3.56. The van der Waals surface area contributed by atoms with E-state index in [0.29, 0.717) is 19.4 Å². The molecule has 8 nitrogen and oxygen atoms in total. The van der Waals surface area contributed by atoms with Crippen LogP contribution in [0.3, 0.4) is 0 Å². The predicted molar refractivity (Wildman–Crippen MR) is 103 cm³/mol. The second-order valence-corrected chi connectivity index (χ2v) is 9.43. The van der Waals surface area contributed by atoms with Gasteiger partial charge in [-0.2, -0.15) is 0 Å². The van der Waals surface area contributed by atoms with Crippen LogP contribution >= 0.6 is 0 Å². The molecule has 3 heterocycles. The van der Waals surface area contributed by atoms with E-state index in [4.69, 9.17) is 24.1 Å². The monoisotopic (exact) mass is 427 g/mol. The molecule has 0 aromatic carbocycles. The Labute approximate surface area is 175 Å². The van der Waals surface area contributed by atoms with Crippen LogP contribution in [0.25, 0.3) is 0 Å². The highest BCUT2D eigenvalue weighted by molar-refractivity contribution is 5.83. The van der Waals surface area contributed by atoms with E-state index in [1.54, 1.807) is 7.11 Å². The Morgan fingerprint density at radius 2 is 2.00 bits per heavy atom. The van der Waals surface area contributed by atoms with Crippen molar-refractivity contribution in [1.29, 1.82) is 0 Å². The van der Waals surface area contributed by atoms with E-state index in [0.717, 1.165) is 11.3 Å². The first-order chi connectivity index (χ1) is 14.0. The number of rotatable bonds is 6. The maximum atomic E-state index is 14.0. The van der Waals surface area contributed by atoms with Crippen molar-refractivity contribution in [3.05, 3.63) is 11.6 Å². The average molecular weight is 427 g/mol. The topological polar surface area (TPSA) is 101 Å². The van der Waals surface area contributed by atoms with Gasteiger partial charge < -0.3 is 29.0 Å². The van der Waals surface area contributed by atoms with Crippen LogP contribution in [0.1, 0.15) is 40.0 Å². The van der Waals surface area contributed by atoms with Gasteiger partial charge in [0.1, 0.15) is 23.4 Å². The molecular weight excluding hydrogens is 397 g/mol. The van der Waals surface area contributed by atoms with Crippen LogP contribution < -0.4 is 0 Å². The number of nitrogens with zero attached hydrogens (tertiary/aromatic N) is 1. The van der Waals surface area contributed by atoms with Gasteiger partial charge in [0.25, 0.3) is 0 Å². The third-order valence-corrected chi connectivity index (χ3v) is 7.01. The van der Waals surface area contributed by atoms with E-state index in [1.165, 1.54) is 5.57 Å². The lowest BCUT2D eigenvalue weighted by Crippen LogP contribution is -2.65. The molecule has 0 aromatic heterocycles. The first-order valence-corrected chi connectivity index (χ1v) is 10.4. The van der Waals surface area contributed by atoms with Crippen molar-refractivity contribution in [2.75, 3.05) is 26.8 Å². The molecule has 3 aliphatic heterocycles. The van der Waals surface area contributed by atoms with Crippen molar-refractivity contribution < 1.29 is 38.0 Å². The maximum absolute atomic E-state index is 14.0. The molecule has 3 saturated heterocycles. The number of carboxylic acid groups (broad SMARTS) is 1. The zero-order chi connectivity index (χ0) is 21.9. The summed E-state index contributed by atoms with van der Waals surface area (Å²) >= 11 is 0. The highest BCUT2D eigenvalue weighted by Crippen LogP contribution is 2.59. The summed E-state index contributed by atoms with van der Waals surface area (Å²) in [6, 6.07) is 0. The summed E-state index contributed by atoms with van der Waals surface area (Å²) in [7, 11) is 1.58. The minimum Gasteiger partial charge on any atom is -0.479 e. The van der Waals surface area contributed by atoms with Gasteiger partial charge in [-0.15, -0.1) is 0 Å². The summed E-state index contributed by atoms with van der Waals surface area (Å²) in [5.41, 5.74) is -1.94. The first kappa shape index (κ1) is 21.5. The predicted octanol–water partition coefficient (Wildman–Crippen LogP) is 2.31. The van der Waals surface area contributed by atoms with Crippen molar-refractivity contribution in [3.8, 4) is 0 Å². The highest BCUT2D eigenvalue weighted by atomic mass is 19.1. The number of hydrogen-bond acceptors (Lipinski definition) is 6. The van der Waals surface area contributed by atoms with Gasteiger partial charge >= 0.3 is 12.1 Å². The van der Waals surface area contributed by atoms with Crippen LogP contribution in [0.15, 0.2) is 11.6 Å². The zero-order valence-corrected chi connectivity index (χ0v) is 17.9. The number of alkyl halides is 1. The van der Waals surface area contributed by atoms with Crippen molar-refractivity contribution in [3.63, 3.8) is 0 Å². The second-order valence-electron chi connectivity index (χ2n) is 9.43. The number of methoxy groups -OCH3 is 1. The Hall–Kier alpha value is -1.71. The quantitative estimate of drug-likeness (QED) is 0.513. The zero-order valence-electron chi connectivity index (χ0n) is 17.9. The fraction of sp³-hybridized carbons (Fsp3) is 0.810. The molecule has 9 heteroatoms. The fourth-order valence-electron chi connectivity index (χ4n) is 5.10. The van der Waals surface area contributed by atoms with Crippen molar-refractivity contribution >= 4 is 12.1 Å². The fourth-order valence-corrected chi connectivity index (χ4v) is 5.10. The van der Waals surface area contributed by atoms with E-state index < -0.39 is 48.6 Å². The third-order valence-electron chi connectivity index (χ3n) is 7.01. The summed E-state index contributed by atoms with van der Waals surface area (Å²) in [4.78, 5) is 24.5. The molecule has 4 rings (SSSR count). The lowest BCUT2D eigenvalue weighted by atomic mass is 9.68. The molecule has 4 fully saturated rings. The van der Waals surface area contributed by atoms with Crippen molar-refractivity contribution in [2.45, 2.75) is 75.2 Å². The van der Waals surface area contributed by atoms with Crippen LogP contribution in [0.4, 0.5) is 9.18 Å². The molecule has 0 bridgehead atoms. The molecule has 1 N–H and O–H groups in total. The largest absolute Gasteiger partial charge is 0.479 e. The summed E-state index contributed by atoms with van der Waals surface area (Å²) < 4.78 is 37.4. The van der Waals surface area contributed by atoms with Gasteiger partial charge in [-0.1, -0.05) is 11.6 Å². The van der Waals surface area contributed by atoms with Crippen LogP contribution in [0.5, 0.6) is 0 Å². The number of ether oxygens (including phenoxy) is 4. The number of carbonyl (C=O) groups is 2. The molecular formula is C21H30FNO7. The Kier molecular flexibility index (Phi) is 5.14. The molecule has 1 spiro atoms. The number of hydrogen-bond donors (Lipinski definition) is 1. The van der Waals surface area contributed by atoms with E-state index in [-0.39, 0.29) is 17.6 Å². The van der Waals surface area contributed by atoms with Gasteiger partial charge in [0.15, 0.2) is 0 Å². The number of epoxide rings is 2. The van der Waals surface area contributed by atoms with Crippen molar-refractivity contribution in [2.24, 2.45) is 5.92 Å².